The van der Waals surface area contributed by atoms with E-state index in [-0.39, 0.29) is 53.0 Å². The van der Waals surface area contributed by atoms with Crippen LogP contribution in [-0.2, 0) is 4.79 Å². The zero-order valence-corrected chi connectivity index (χ0v) is 20.4. The van der Waals surface area contributed by atoms with Gasteiger partial charge in [-0.3, -0.25) is 9.59 Å². The third-order valence-electron chi connectivity index (χ3n) is 8.04. The van der Waals surface area contributed by atoms with E-state index < -0.39 is 6.10 Å². The van der Waals surface area contributed by atoms with Crippen LogP contribution in [0, 0.1) is 29.1 Å². The van der Waals surface area contributed by atoms with Crippen LogP contribution in [0.4, 0.5) is 0 Å². The quantitative estimate of drug-likeness (QED) is 0.623. The Morgan fingerprint density at radius 2 is 1.75 bits per heavy atom. The summed E-state index contributed by atoms with van der Waals surface area (Å²) in [4.78, 5) is 25.5. The number of aliphatic hydroxyl groups is 1. The van der Waals surface area contributed by atoms with Crippen LogP contribution >= 0.6 is 0 Å². The molecule has 2 fully saturated rings. The molecule has 0 radical (unpaired) electrons. The molecule has 3 N–H and O–H groups in total. The topological polar surface area (TPSA) is 87.7 Å². The van der Waals surface area contributed by atoms with Gasteiger partial charge in [-0.05, 0) is 87.0 Å². The van der Waals surface area contributed by atoms with Crippen molar-refractivity contribution in [1.82, 2.24) is 10.6 Å². The Hall–Kier alpha value is -2.08. The van der Waals surface area contributed by atoms with Crippen LogP contribution in [0.1, 0.15) is 70.7 Å². The molecule has 7 atom stereocenters. The van der Waals surface area contributed by atoms with E-state index in [2.05, 4.69) is 24.5 Å². The molecule has 0 heterocycles. The molecule has 32 heavy (non-hydrogen) atoms. The normalized spacial score (nSPS) is 33.2. The highest BCUT2D eigenvalue weighted by Gasteiger charge is 2.53. The molecule has 2 aliphatic carbocycles. The number of hydrogen-bond acceptors (Lipinski definition) is 4. The summed E-state index contributed by atoms with van der Waals surface area (Å²) in [5.41, 5.74) is 0.637. The lowest BCUT2D eigenvalue weighted by Crippen LogP contribution is -2.58. The molecule has 3 rings (SSSR count). The van der Waals surface area contributed by atoms with Gasteiger partial charge in [0.25, 0.3) is 5.91 Å². The first-order valence-corrected chi connectivity index (χ1v) is 12.0. The Morgan fingerprint density at radius 1 is 1.12 bits per heavy atom. The summed E-state index contributed by atoms with van der Waals surface area (Å²) in [7, 11) is 1.60. The van der Waals surface area contributed by atoms with Crippen LogP contribution in [0.2, 0.25) is 0 Å². The molecule has 6 heteroatoms. The highest BCUT2D eigenvalue weighted by Crippen LogP contribution is 2.55. The summed E-state index contributed by atoms with van der Waals surface area (Å²) in [6, 6.07) is 7.20. The van der Waals surface area contributed by atoms with Gasteiger partial charge in [-0.1, -0.05) is 20.8 Å². The zero-order valence-electron chi connectivity index (χ0n) is 20.4. The number of benzene rings is 1. The van der Waals surface area contributed by atoms with E-state index in [0.717, 1.165) is 31.4 Å². The van der Waals surface area contributed by atoms with Crippen molar-refractivity contribution >= 4 is 11.8 Å². The number of methoxy groups -OCH3 is 1. The number of carbonyl (C=O) groups is 2. The second-order valence-electron chi connectivity index (χ2n) is 10.5. The smallest absolute Gasteiger partial charge is 0.251 e. The predicted octanol–water partition coefficient (Wildman–Crippen LogP) is 3.78. The number of aliphatic hydroxyl groups excluding tert-OH is 1. The SMILES string of the molecule is COc1ccc(C(=O)N[C@H]2CC[C@@]3(C)CC[C@H]([C@H](C)C(=O)NC(C)C)[C@H](O)[C@H]3[C@H]2C)cc1. The molecule has 0 bridgehead atoms. The number of hydrogen-bond donors (Lipinski definition) is 3. The molecule has 0 unspecified atom stereocenters. The number of nitrogens with one attached hydrogen (secondary N) is 2. The largest absolute Gasteiger partial charge is 0.497 e. The van der Waals surface area contributed by atoms with Crippen molar-refractivity contribution < 1.29 is 19.4 Å². The number of fused-ring (bicyclic) bond motifs is 1. The van der Waals surface area contributed by atoms with Gasteiger partial charge in [0.1, 0.15) is 5.75 Å². The van der Waals surface area contributed by atoms with E-state index in [1.54, 1.807) is 31.4 Å². The van der Waals surface area contributed by atoms with Gasteiger partial charge in [0.05, 0.1) is 13.2 Å². The summed E-state index contributed by atoms with van der Waals surface area (Å²) in [5, 5.41) is 17.7. The van der Waals surface area contributed by atoms with Crippen LogP contribution in [0.3, 0.4) is 0 Å². The first-order chi connectivity index (χ1) is 15.1. The van der Waals surface area contributed by atoms with Crippen molar-refractivity contribution in [3.8, 4) is 5.75 Å². The van der Waals surface area contributed by atoms with E-state index >= 15 is 0 Å². The van der Waals surface area contributed by atoms with Crippen molar-refractivity contribution in [3.05, 3.63) is 29.8 Å². The molecule has 0 aromatic heterocycles. The molecule has 0 saturated heterocycles. The first kappa shape index (κ1) is 24.6. The van der Waals surface area contributed by atoms with Gasteiger partial charge in [-0.2, -0.15) is 0 Å². The second-order valence-corrected chi connectivity index (χ2v) is 10.5. The van der Waals surface area contributed by atoms with Crippen molar-refractivity contribution in [2.24, 2.45) is 29.1 Å². The molecule has 1 aromatic carbocycles. The molecule has 2 saturated carbocycles. The van der Waals surface area contributed by atoms with Crippen LogP contribution in [-0.4, -0.2) is 42.2 Å². The summed E-state index contributed by atoms with van der Waals surface area (Å²) < 4.78 is 5.18. The molecule has 2 aliphatic rings. The first-order valence-electron chi connectivity index (χ1n) is 12.0. The third-order valence-corrected chi connectivity index (χ3v) is 8.04. The summed E-state index contributed by atoms with van der Waals surface area (Å²) in [6.07, 6.45) is 3.17. The third kappa shape index (κ3) is 4.95. The molecule has 2 amide bonds. The van der Waals surface area contributed by atoms with Gasteiger partial charge in [0.15, 0.2) is 0 Å². The van der Waals surface area contributed by atoms with Crippen molar-refractivity contribution in [2.75, 3.05) is 7.11 Å². The van der Waals surface area contributed by atoms with Gasteiger partial charge in [0.2, 0.25) is 5.91 Å². The maximum absolute atomic E-state index is 12.9. The highest BCUT2D eigenvalue weighted by molar-refractivity contribution is 5.94. The minimum Gasteiger partial charge on any atom is -0.497 e. The summed E-state index contributed by atoms with van der Waals surface area (Å²) >= 11 is 0. The summed E-state index contributed by atoms with van der Waals surface area (Å²) in [6.45, 7) is 10.3. The number of rotatable bonds is 6. The average Bonchev–Trinajstić information content (AvgIpc) is 2.75. The van der Waals surface area contributed by atoms with Crippen molar-refractivity contribution in [2.45, 2.75) is 78.5 Å². The van der Waals surface area contributed by atoms with E-state index in [1.165, 1.54) is 0 Å². The monoisotopic (exact) mass is 444 g/mol. The maximum atomic E-state index is 12.9. The van der Waals surface area contributed by atoms with E-state index in [9.17, 15) is 14.7 Å². The van der Waals surface area contributed by atoms with Crippen LogP contribution in [0.5, 0.6) is 5.75 Å². The molecular formula is C26H40N2O4. The lowest BCUT2D eigenvalue weighted by Gasteiger charge is -2.56. The Labute approximate surface area is 192 Å². The summed E-state index contributed by atoms with van der Waals surface area (Å²) in [5.74, 6) is 0.499. The average molecular weight is 445 g/mol. The Morgan fingerprint density at radius 3 is 2.34 bits per heavy atom. The van der Waals surface area contributed by atoms with Crippen LogP contribution in [0.15, 0.2) is 24.3 Å². The fraction of sp³-hybridized carbons (Fsp3) is 0.692. The standard InChI is InChI=1S/C26H40N2O4/c1-15(2)27-24(30)16(3)20-11-13-26(5)14-12-21(17(4)22(26)23(20)29)28-25(31)18-7-9-19(32-6)10-8-18/h7-10,15-17,20-23,29H,11-14H2,1-6H3,(H,27,30)(H,28,31)/t16-,17-,20+,21-,22+,23-,26+/m0/s1. The Balaban J connectivity index is 1.72. The molecule has 0 spiro atoms. The molecule has 0 aliphatic heterocycles. The molecular weight excluding hydrogens is 404 g/mol. The predicted molar refractivity (Wildman–Crippen MR) is 125 cm³/mol. The van der Waals surface area contributed by atoms with E-state index in [4.69, 9.17) is 4.74 Å². The lowest BCUT2D eigenvalue weighted by atomic mass is 9.51. The van der Waals surface area contributed by atoms with Crippen LogP contribution in [0.25, 0.3) is 0 Å². The minimum atomic E-state index is -0.558. The Kier molecular flexibility index (Phi) is 7.53. The van der Waals surface area contributed by atoms with Gasteiger partial charge in [-0.25, -0.2) is 0 Å². The van der Waals surface area contributed by atoms with Gasteiger partial charge < -0.3 is 20.5 Å². The fourth-order valence-electron chi connectivity index (χ4n) is 6.10. The van der Waals surface area contributed by atoms with Crippen molar-refractivity contribution in [1.29, 1.82) is 0 Å². The second kappa shape index (κ2) is 9.82. The number of amides is 2. The fourth-order valence-corrected chi connectivity index (χ4v) is 6.10. The zero-order chi connectivity index (χ0) is 23.6. The van der Waals surface area contributed by atoms with Gasteiger partial charge in [0, 0.05) is 23.6 Å². The molecule has 1 aromatic rings. The van der Waals surface area contributed by atoms with Gasteiger partial charge in [-0.15, -0.1) is 0 Å². The number of carbonyl (C=O) groups excluding carboxylic acids is 2. The van der Waals surface area contributed by atoms with Crippen LogP contribution < -0.4 is 15.4 Å². The van der Waals surface area contributed by atoms with Crippen molar-refractivity contribution in [3.63, 3.8) is 0 Å². The molecule has 6 nitrogen and oxygen atoms in total. The van der Waals surface area contributed by atoms with E-state index in [0.29, 0.717) is 5.56 Å². The minimum absolute atomic E-state index is 0.00382. The van der Waals surface area contributed by atoms with E-state index in [1.807, 2.05) is 20.8 Å². The molecule has 178 valence electrons. The maximum Gasteiger partial charge on any atom is 0.251 e. The highest BCUT2D eigenvalue weighted by atomic mass is 16.5. The lowest BCUT2D eigenvalue weighted by molar-refractivity contribution is -0.142. The Bertz CT molecular complexity index is 809. The van der Waals surface area contributed by atoms with Gasteiger partial charge >= 0.3 is 0 Å². The number of ether oxygens (including phenoxy) is 1.